The maximum atomic E-state index is 11.9. The lowest BCUT2D eigenvalue weighted by atomic mass is 10.2. The molecule has 1 aromatic heterocycles. The van der Waals surface area contributed by atoms with E-state index in [0.29, 0.717) is 5.82 Å². The van der Waals surface area contributed by atoms with Gasteiger partial charge in [0.2, 0.25) is 0 Å². The average Bonchev–Trinajstić information content (AvgIpc) is 2.82. The molecule has 0 amide bonds. The molecule has 0 aliphatic heterocycles. The number of anilines is 2. The standard InChI is InChI=1S/C13H13ClN4O4/c1-3-22-13(19)9-7-15-17(2)12(9)16-10-5-4-8(14)6-11(10)18(20)21/h4-7,16H,3H2,1-2H3. The SMILES string of the molecule is CCOC(=O)c1cnn(C)c1Nc1ccc(Cl)cc1[N+](=O)[O-]. The van der Waals surface area contributed by atoms with Crippen molar-refractivity contribution in [1.82, 2.24) is 9.78 Å². The van der Waals surface area contributed by atoms with Crippen molar-refractivity contribution < 1.29 is 14.5 Å². The van der Waals surface area contributed by atoms with Crippen LogP contribution in [0.15, 0.2) is 24.4 Å². The van der Waals surface area contributed by atoms with E-state index in [1.807, 2.05) is 0 Å². The number of carbonyl (C=O) groups is 1. The van der Waals surface area contributed by atoms with Crippen LogP contribution in [0.5, 0.6) is 0 Å². The number of esters is 1. The minimum atomic E-state index is -0.561. The summed E-state index contributed by atoms with van der Waals surface area (Å²) >= 11 is 5.77. The Morgan fingerprint density at radius 3 is 2.91 bits per heavy atom. The van der Waals surface area contributed by atoms with E-state index in [9.17, 15) is 14.9 Å². The van der Waals surface area contributed by atoms with Crippen LogP contribution in [0.4, 0.5) is 17.2 Å². The first-order valence-corrected chi connectivity index (χ1v) is 6.72. The number of ether oxygens (including phenoxy) is 1. The molecular formula is C13H13ClN4O4. The van der Waals surface area contributed by atoms with Gasteiger partial charge in [0.1, 0.15) is 17.1 Å². The number of benzene rings is 1. The fourth-order valence-electron chi connectivity index (χ4n) is 1.83. The molecule has 116 valence electrons. The van der Waals surface area contributed by atoms with Crippen LogP contribution < -0.4 is 5.32 Å². The molecule has 0 saturated heterocycles. The number of hydrogen-bond acceptors (Lipinski definition) is 6. The predicted octanol–water partition coefficient (Wildman–Crippen LogP) is 2.90. The fourth-order valence-corrected chi connectivity index (χ4v) is 2.00. The Morgan fingerprint density at radius 2 is 2.27 bits per heavy atom. The Labute approximate surface area is 130 Å². The van der Waals surface area contributed by atoms with Crippen molar-refractivity contribution >= 4 is 34.8 Å². The van der Waals surface area contributed by atoms with Crippen molar-refractivity contribution in [2.45, 2.75) is 6.92 Å². The van der Waals surface area contributed by atoms with Crippen molar-refractivity contribution in [2.75, 3.05) is 11.9 Å². The van der Waals surface area contributed by atoms with Crippen LogP contribution in [0.1, 0.15) is 17.3 Å². The molecule has 1 N–H and O–H groups in total. The molecule has 0 fully saturated rings. The van der Waals surface area contributed by atoms with Crippen molar-refractivity contribution in [3.05, 3.63) is 45.1 Å². The van der Waals surface area contributed by atoms with E-state index in [0.717, 1.165) is 0 Å². The van der Waals surface area contributed by atoms with Gasteiger partial charge in [0.25, 0.3) is 5.69 Å². The highest BCUT2D eigenvalue weighted by Crippen LogP contribution is 2.31. The van der Waals surface area contributed by atoms with E-state index >= 15 is 0 Å². The molecule has 0 atom stereocenters. The lowest BCUT2D eigenvalue weighted by Gasteiger charge is -2.09. The first kappa shape index (κ1) is 15.8. The Balaban J connectivity index is 2.42. The van der Waals surface area contributed by atoms with Crippen LogP contribution >= 0.6 is 11.6 Å². The number of aryl methyl sites for hydroxylation is 1. The van der Waals surface area contributed by atoms with Gasteiger partial charge in [0.05, 0.1) is 17.7 Å². The second-order valence-corrected chi connectivity index (χ2v) is 4.73. The van der Waals surface area contributed by atoms with Gasteiger partial charge in [-0.3, -0.25) is 14.8 Å². The van der Waals surface area contributed by atoms with E-state index < -0.39 is 10.9 Å². The molecule has 0 aliphatic carbocycles. The first-order valence-electron chi connectivity index (χ1n) is 6.34. The normalized spacial score (nSPS) is 10.3. The van der Waals surface area contributed by atoms with Gasteiger partial charge in [-0.15, -0.1) is 0 Å². The van der Waals surface area contributed by atoms with E-state index in [1.165, 1.54) is 29.1 Å². The lowest BCUT2D eigenvalue weighted by Crippen LogP contribution is -2.09. The van der Waals surface area contributed by atoms with E-state index in [4.69, 9.17) is 16.3 Å². The zero-order chi connectivity index (χ0) is 16.3. The van der Waals surface area contributed by atoms with Gasteiger partial charge >= 0.3 is 5.97 Å². The summed E-state index contributed by atoms with van der Waals surface area (Å²) in [5, 5.41) is 18.1. The zero-order valence-electron chi connectivity index (χ0n) is 11.9. The molecule has 1 heterocycles. The summed E-state index contributed by atoms with van der Waals surface area (Å²) in [6.45, 7) is 1.90. The summed E-state index contributed by atoms with van der Waals surface area (Å²) in [6.07, 6.45) is 1.34. The van der Waals surface area contributed by atoms with Crippen molar-refractivity contribution in [2.24, 2.45) is 7.05 Å². The minimum absolute atomic E-state index is 0.189. The summed E-state index contributed by atoms with van der Waals surface area (Å²) in [4.78, 5) is 22.4. The molecule has 1 aromatic carbocycles. The molecule has 0 bridgehead atoms. The molecule has 9 heteroatoms. The van der Waals surface area contributed by atoms with E-state index in [-0.39, 0.29) is 28.6 Å². The fraction of sp³-hybridized carbons (Fsp3) is 0.231. The number of nitro benzene ring substituents is 1. The highest BCUT2D eigenvalue weighted by Gasteiger charge is 2.21. The molecule has 2 aromatic rings. The third-order valence-corrected chi connectivity index (χ3v) is 3.08. The number of nitrogens with zero attached hydrogens (tertiary/aromatic N) is 3. The van der Waals surface area contributed by atoms with Crippen LogP contribution in [0.3, 0.4) is 0 Å². The number of aromatic nitrogens is 2. The molecule has 0 aliphatic rings. The van der Waals surface area contributed by atoms with Gasteiger partial charge in [-0.25, -0.2) is 4.79 Å². The number of nitrogens with one attached hydrogen (secondary N) is 1. The zero-order valence-corrected chi connectivity index (χ0v) is 12.6. The summed E-state index contributed by atoms with van der Waals surface area (Å²) in [5.74, 6) is -0.265. The number of rotatable bonds is 5. The van der Waals surface area contributed by atoms with E-state index in [2.05, 4.69) is 10.4 Å². The number of carbonyl (C=O) groups excluding carboxylic acids is 1. The van der Waals surface area contributed by atoms with Gasteiger partial charge in [0.15, 0.2) is 0 Å². The van der Waals surface area contributed by atoms with Crippen LogP contribution in [0.2, 0.25) is 5.02 Å². The maximum absolute atomic E-state index is 11.9. The highest BCUT2D eigenvalue weighted by atomic mass is 35.5. The first-order chi connectivity index (χ1) is 10.4. The Bertz CT molecular complexity index is 729. The summed E-state index contributed by atoms with van der Waals surface area (Å²) in [5.41, 5.74) is 0.181. The van der Waals surface area contributed by atoms with Crippen LogP contribution in [-0.4, -0.2) is 27.3 Å². The molecule has 0 radical (unpaired) electrons. The van der Waals surface area contributed by atoms with Crippen LogP contribution in [0.25, 0.3) is 0 Å². The van der Waals surface area contributed by atoms with Gasteiger partial charge in [-0.2, -0.15) is 5.10 Å². The van der Waals surface area contributed by atoms with Crippen molar-refractivity contribution in [1.29, 1.82) is 0 Å². The Kier molecular flexibility index (Phi) is 4.62. The molecule has 0 saturated carbocycles. The second kappa shape index (κ2) is 6.44. The van der Waals surface area contributed by atoms with Crippen molar-refractivity contribution in [3.8, 4) is 0 Å². The van der Waals surface area contributed by atoms with E-state index in [1.54, 1.807) is 14.0 Å². The third kappa shape index (κ3) is 3.17. The van der Waals surface area contributed by atoms with Crippen LogP contribution in [-0.2, 0) is 11.8 Å². The molecule has 22 heavy (non-hydrogen) atoms. The summed E-state index contributed by atoms with van der Waals surface area (Å²) in [7, 11) is 1.60. The van der Waals surface area contributed by atoms with Crippen molar-refractivity contribution in [3.63, 3.8) is 0 Å². The number of halogens is 1. The van der Waals surface area contributed by atoms with Gasteiger partial charge < -0.3 is 10.1 Å². The topological polar surface area (TPSA) is 99.3 Å². The largest absolute Gasteiger partial charge is 0.462 e. The molecular weight excluding hydrogens is 312 g/mol. The average molecular weight is 325 g/mol. The molecule has 0 spiro atoms. The third-order valence-electron chi connectivity index (χ3n) is 2.84. The minimum Gasteiger partial charge on any atom is -0.462 e. The highest BCUT2D eigenvalue weighted by molar-refractivity contribution is 6.30. The van der Waals surface area contributed by atoms with Gasteiger partial charge in [-0.1, -0.05) is 11.6 Å². The smallest absolute Gasteiger partial charge is 0.343 e. The molecule has 0 unspecified atom stereocenters. The number of hydrogen-bond donors (Lipinski definition) is 1. The maximum Gasteiger partial charge on any atom is 0.343 e. The lowest BCUT2D eigenvalue weighted by molar-refractivity contribution is -0.383. The quantitative estimate of drug-likeness (QED) is 0.515. The summed E-state index contributed by atoms with van der Waals surface area (Å²) in [6, 6.07) is 4.20. The Hall–Kier alpha value is -2.61. The molecule has 8 nitrogen and oxygen atoms in total. The predicted molar refractivity (Wildman–Crippen MR) is 80.6 cm³/mol. The van der Waals surface area contributed by atoms with Gasteiger partial charge in [0, 0.05) is 18.1 Å². The van der Waals surface area contributed by atoms with Gasteiger partial charge in [-0.05, 0) is 19.1 Å². The van der Waals surface area contributed by atoms with Crippen LogP contribution in [0, 0.1) is 10.1 Å². The molecule has 2 rings (SSSR count). The Morgan fingerprint density at radius 1 is 1.55 bits per heavy atom. The monoisotopic (exact) mass is 324 g/mol. The summed E-state index contributed by atoms with van der Waals surface area (Å²) < 4.78 is 6.32. The number of nitro groups is 1. The second-order valence-electron chi connectivity index (χ2n) is 4.29.